The average molecular weight is 411 g/mol. The second-order valence-electron chi connectivity index (χ2n) is 7.37. The van der Waals surface area contributed by atoms with E-state index in [1.807, 2.05) is 0 Å². The Bertz CT molecular complexity index is 943. The predicted molar refractivity (Wildman–Crippen MR) is 135 cm³/mol. The summed E-state index contributed by atoms with van der Waals surface area (Å²) in [6.45, 7) is 6.47. The maximum atomic E-state index is 2.40. The van der Waals surface area contributed by atoms with Gasteiger partial charge in [-0.2, -0.15) is 0 Å². The van der Waals surface area contributed by atoms with Gasteiger partial charge in [0.05, 0.1) is 0 Å². The van der Waals surface area contributed by atoms with Gasteiger partial charge in [0.15, 0.2) is 0 Å². The molecule has 0 aliphatic carbocycles. The number of nitrogens with zero attached hydrogens (tertiary/aromatic N) is 1. The summed E-state index contributed by atoms with van der Waals surface area (Å²) < 4.78 is 0. The summed E-state index contributed by atoms with van der Waals surface area (Å²) in [6, 6.07) is 42.4. The first-order valence-electron chi connectivity index (χ1n) is 10.7. The molecule has 4 aromatic carbocycles. The zero-order chi connectivity index (χ0) is 20.8. The van der Waals surface area contributed by atoms with Crippen molar-refractivity contribution in [3.63, 3.8) is 0 Å². The third kappa shape index (κ3) is 3.66. The van der Waals surface area contributed by atoms with Crippen LogP contribution in [0.4, 0.5) is 5.69 Å². The molecule has 0 aliphatic heterocycles. The molecule has 2 heteroatoms. The van der Waals surface area contributed by atoms with E-state index < -0.39 is 7.26 Å². The van der Waals surface area contributed by atoms with E-state index >= 15 is 0 Å². The molecule has 0 aromatic heterocycles. The predicted octanol–water partition coefficient (Wildman–Crippen LogP) is 5.15. The molecule has 30 heavy (non-hydrogen) atoms. The van der Waals surface area contributed by atoms with Gasteiger partial charge in [-0.25, -0.2) is 0 Å². The summed E-state index contributed by atoms with van der Waals surface area (Å²) in [7, 11) is -1.99. The molecule has 150 valence electrons. The zero-order valence-corrected chi connectivity index (χ0v) is 18.7. The maximum Gasteiger partial charge on any atom is 0.144 e. The van der Waals surface area contributed by atoms with Gasteiger partial charge in [-0.15, -0.1) is 0 Å². The molecule has 4 rings (SSSR count). The molecule has 4 aromatic rings. The van der Waals surface area contributed by atoms with Crippen LogP contribution in [0.25, 0.3) is 0 Å². The van der Waals surface area contributed by atoms with Gasteiger partial charge in [0.1, 0.15) is 28.5 Å². The monoisotopic (exact) mass is 410 g/mol. The smallest absolute Gasteiger partial charge is 0.144 e. The molecular weight excluding hydrogens is 381 g/mol. The van der Waals surface area contributed by atoms with E-state index in [-0.39, 0.29) is 0 Å². The van der Waals surface area contributed by atoms with E-state index in [0.717, 1.165) is 13.1 Å². The van der Waals surface area contributed by atoms with Gasteiger partial charge >= 0.3 is 0 Å². The SMILES string of the molecule is CCN(CC)c1ccc([P+](c2ccccc2)(c2ccccc2)c2ccccc2)cc1. The number of hydrogen-bond donors (Lipinski definition) is 0. The first-order chi connectivity index (χ1) is 14.8. The highest BCUT2D eigenvalue weighted by Crippen LogP contribution is 2.54. The second kappa shape index (κ2) is 9.28. The molecule has 0 saturated carbocycles. The molecule has 0 radical (unpaired) electrons. The Morgan fingerprint density at radius 2 is 0.800 bits per heavy atom. The molecule has 0 bridgehead atoms. The van der Waals surface area contributed by atoms with Gasteiger partial charge in [-0.3, -0.25) is 0 Å². The van der Waals surface area contributed by atoms with Crippen molar-refractivity contribution in [3.05, 3.63) is 115 Å². The summed E-state index contributed by atoms with van der Waals surface area (Å²) >= 11 is 0. The normalized spacial score (nSPS) is 11.3. The topological polar surface area (TPSA) is 3.24 Å². The van der Waals surface area contributed by atoms with Crippen molar-refractivity contribution in [2.45, 2.75) is 13.8 Å². The number of benzene rings is 4. The molecule has 0 unspecified atom stereocenters. The highest BCUT2D eigenvalue weighted by Gasteiger charge is 2.47. The Hall–Kier alpha value is -2.89. The van der Waals surface area contributed by atoms with Gasteiger partial charge in [-0.05, 0) is 74.5 Å². The molecule has 0 fully saturated rings. The van der Waals surface area contributed by atoms with Crippen LogP contribution >= 0.6 is 7.26 Å². The Morgan fingerprint density at radius 3 is 1.13 bits per heavy atom. The van der Waals surface area contributed by atoms with Gasteiger partial charge in [0, 0.05) is 18.8 Å². The fourth-order valence-corrected chi connectivity index (χ4v) is 8.57. The van der Waals surface area contributed by atoms with E-state index in [4.69, 9.17) is 0 Å². The van der Waals surface area contributed by atoms with Crippen molar-refractivity contribution in [2.75, 3.05) is 18.0 Å². The van der Waals surface area contributed by atoms with Crippen LogP contribution in [0.3, 0.4) is 0 Å². The van der Waals surface area contributed by atoms with E-state index in [1.54, 1.807) is 0 Å². The highest BCUT2D eigenvalue weighted by molar-refractivity contribution is 8.01. The van der Waals surface area contributed by atoms with Crippen molar-refractivity contribution >= 4 is 34.2 Å². The zero-order valence-electron chi connectivity index (χ0n) is 17.8. The van der Waals surface area contributed by atoms with E-state index in [9.17, 15) is 0 Å². The molecule has 0 amide bonds. The first-order valence-corrected chi connectivity index (χ1v) is 12.5. The summed E-state index contributed by atoms with van der Waals surface area (Å²) in [5.41, 5.74) is 1.29. The lowest BCUT2D eigenvalue weighted by atomic mass is 10.3. The summed E-state index contributed by atoms with van der Waals surface area (Å²) in [5.74, 6) is 0. The summed E-state index contributed by atoms with van der Waals surface area (Å²) in [6.07, 6.45) is 0. The molecule has 0 atom stereocenters. The van der Waals surface area contributed by atoms with E-state index in [1.165, 1.54) is 26.9 Å². The molecule has 0 spiro atoms. The lowest BCUT2D eigenvalue weighted by Crippen LogP contribution is -2.38. The van der Waals surface area contributed by atoms with Crippen molar-refractivity contribution in [1.29, 1.82) is 0 Å². The quantitative estimate of drug-likeness (QED) is 0.381. The van der Waals surface area contributed by atoms with Crippen molar-refractivity contribution in [2.24, 2.45) is 0 Å². The molecule has 0 heterocycles. The third-order valence-corrected chi connectivity index (χ3v) is 10.1. The Kier molecular flexibility index (Phi) is 6.31. The first kappa shape index (κ1) is 20.4. The number of hydrogen-bond acceptors (Lipinski definition) is 1. The van der Waals surface area contributed by atoms with Crippen LogP contribution in [0.2, 0.25) is 0 Å². The number of rotatable bonds is 7. The molecule has 0 N–H and O–H groups in total. The van der Waals surface area contributed by atoms with E-state index in [2.05, 4.69) is 134 Å². The van der Waals surface area contributed by atoms with Gasteiger partial charge in [-0.1, -0.05) is 54.6 Å². The Labute approximate surface area is 181 Å². The van der Waals surface area contributed by atoms with Crippen LogP contribution in [0.1, 0.15) is 13.8 Å². The van der Waals surface area contributed by atoms with Crippen molar-refractivity contribution < 1.29 is 0 Å². The highest BCUT2D eigenvalue weighted by atomic mass is 31.2. The van der Waals surface area contributed by atoms with Crippen LogP contribution in [0.5, 0.6) is 0 Å². The summed E-state index contributed by atoms with van der Waals surface area (Å²) in [4.78, 5) is 2.40. The van der Waals surface area contributed by atoms with Crippen LogP contribution in [-0.4, -0.2) is 13.1 Å². The minimum Gasteiger partial charge on any atom is -0.372 e. The standard InChI is InChI=1S/C28H29NP/c1-3-29(4-2)24-20-22-28(23-21-24)30(25-14-8-5-9-15-25,26-16-10-6-11-17-26)27-18-12-7-13-19-27/h5-23H,3-4H2,1-2H3/q+1. The number of anilines is 1. The second-order valence-corrected chi connectivity index (χ2v) is 10.8. The lowest BCUT2D eigenvalue weighted by molar-refractivity contribution is 0.866. The molecule has 0 aliphatic rings. The fourth-order valence-electron chi connectivity index (χ4n) is 4.33. The van der Waals surface area contributed by atoms with Gasteiger partial charge in [0.25, 0.3) is 0 Å². The minimum absolute atomic E-state index is 1.02. The third-order valence-electron chi connectivity index (χ3n) is 5.80. The van der Waals surface area contributed by atoms with E-state index in [0.29, 0.717) is 0 Å². The fraction of sp³-hybridized carbons (Fsp3) is 0.143. The van der Waals surface area contributed by atoms with Crippen molar-refractivity contribution in [1.82, 2.24) is 0 Å². The Morgan fingerprint density at radius 1 is 0.467 bits per heavy atom. The Balaban J connectivity index is 2.01. The van der Waals surface area contributed by atoms with Crippen LogP contribution in [-0.2, 0) is 0 Å². The van der Waals surface area contributed by atoms with Crippen LogP contribution in [0.15, 0.2) is 115 Å². The van der Waals surface area contributed by atoms with Crippen LogP contribution < -0.4 is 26.1 Å². The van der Waals surface area contributed by atoms with Crippen molar-refractivity contribution in [3.8, 4) is 0 Å². The van der Waals surface area contributed by atoms with Gasteiger partial charge in [0.2, 0.25) is 0 Å². The molecular formula is C28H29NP+. The maximum absolute atomic E-state index is 2.40. The molecule has 0 saturated heterocycles. The summed E-state index contributed by atoms with van der Waals surface area (Å²) in [5, 5.41) is 5.55. The van der Waals surface area contributed by atoms with Gasteiger partial charge < -0.3 is 4.90 Å². The minimum atomic E-state index is -1.99. The largest absolute Gasteiger partial charge is 0.372 e. The van der Waals surface area contributed by atoms with Crippen LogP contribution in [0, 0.1) is 0 Å². The molecule has 1 nitrogen and oxygen atoms in total. The average Bonchev–Trinajstić information content (AvgIpc) is 2.83. The lowest BCUT2D eigenvalue weighted by Gasteiger charge is -2.28.